The molecule has 0 aliphatic rings. The molecule has 0 atom stereocenters. The second-order valence-electron chi connectivity index (χ2n) is 5.29. The summed E-state index contributed by atoms with van der Waals surface area (Å²) in [6.07, 6.45) is 6.02. The van der Waals surface area contributed by atoms with Gasteiger partial charge in [-0.05, 0) is 48.9 Å². The number of benzene rings is 1. The Morgan fingerprint density at radius 2 is 2.00 bits per heavy atom. The van der Waals surface area contributed by atoms with E-state index in [1.54, 1.807) is 24.5 Å². The molecule has 0 aliphatic carbocycles. The molecule has 3 rings (SSSR count). The van der Waals surface area contributed by atoms with E-state index in [4.69, 9.17) is 4.74 Å². The van der Waals surface area contributed by atoms with E-state index in [1.165, 1.54) is 0 Å². The first-order valence-corrected chi connectivity index (χ1v) is 8.66. The molecule has 25 heavy (non-hydrogen) atoms. The second-order valence-corrected chi connectivity index (χ2v) is 6.21. The number of aryl methyl sites for hydroxylation is 1. The zero-order valence-corrected chi connectivity index (χ0v) is 15.0. The Bertz CT molecular complexity index is 819. The molecule has 0 radical (unpaired) electrons. The minimum absolute atomic E-state index is 0.208. The maximum atomic E-state index is 12.4. The highest BCUT2D eigenvalue weighted by atomic mass is 79.9. The number of halogens is 1. The Labute approximate surface area is 154 Å². The summed E-state index contributed by atoms with van der Waals surface area (Å²) in [4.78, 5) is 16.6. The molecule has 1 N–H and O–H groups in total. The number of amides is 1. The van der Waals surface area contributed by atoms with Gasteiger partial charge in [0.1, 0.15) is 11.3 Å². The van der Waals surface area contributed by atoms with Crippen LogP contribution in [0, 0.1) is 0 Å². The van der Waals surface area contributed by atoms with Gasteiger partial charge in [-0.3, -0.25) is 9.48 Å². The zero-order chi connectivity index (χ0) is 17.5. The van der Waals surface area contributed by atoms with Crippen LogP contribution in [0.3, 0.4) is 0 Å². The van der Waals surface area contributed by atoms with Crippen molar-refractivity contribution in [2.45, 2.75) is 13.0 Å². The van der Waals surface area contributed by atoms with E-state index >= 15 is 0 Å². The first-order valence-electron chi connectivity index (χ1n) is 7.86. The first-order chi connectivity index (χ1) is 12.2. The van der Waals surface area contributed by atoms with Gasteiger partial charge in [-0.2, -0.15) is 5.10 Å². The Kier molecular flexibility index (Phi) is 5.79. The molecular formula is C18H17BrN4O2. The van der Waals surface area contributed by atoms with E-state index in [-0.39, 0.29) is 11.8 Å². The highest BCUT2D eigenvalue weighted by molar-refractivity contribution is 9.10. The van der Waals surface area contributed by atoms with Crippen LogP contribution in [0.2, 0.25) is 0 Å². The van der Waals surface area contributed by atoms with Crippen LogP contribution in [0.1, 0.15) is 16.8 Å². The topological polar surface area (TPSA) is 69.0 Å². The molecule has 2 aromatic heterocycles. The lowest BCUT2D eigenvalue weighted by Gasteiger charge is -2.10. The maximum absolute atomic E-state index is 12.4. The average molecular weight is 401 g/mol. The third-order valence-corrected chi connectivity index (χ3v) is 3.98. The van der Waals surface area contributed by atoms with Gasteiger partial charge in [-0.1, -0.05) is 15.9 Å². The Morgan fingerprint density at radius 1 is 1.16 bits per heavy atom. The summed E-state index contributed by atoms with van der Waals surface area (Å²) in [5, 5.41) is 7.02. The largest absolute Gasteiger partial charge is 0.438 e. The fourth-order valence-electron chi connectivity index (χ4n) is 2.23. The van der Waals surface area contributed by atoms with E-state index in [0.717, 1.165) is 17.4 Å². The second kappa shape index (κ2) is 8.43. The molecule has 7 heteroatoms. The van der Waals surface area contributed by atoms with Gasteiger partial charge in [0, 0.05) is 36.2 Å². The standard InChI is InChI=1S/C18H17BrN4O2/c19-14-5-7-15(8-6-14)25-18-16(4-1-9-21-18)17(24)20-10-2-12-23-13-3-11-22-23/h1,3-9,11,13H,2,10,12H2,(H,20,24). The number of carbonyl (C=O) groups is 1. The summed E-state index contributed by atoms with van der Waals surface area (Å²) >= 11 is 3.38. The summed E-state index contributed by atoms with van der Waals surface area (Å²) in [6.45, 7) is 1.30. The van der Waals surface area contributed by atoms with Crippen LogP contribution in [0.25, 0.3) is 0 Å². The number of aromatic nitrogens is 3. The number of ether oxygens (including phenoxy) is 1. The molecule has 0 saturated heterocycles. The van der Waals surface area contributed by atoms with Crippen molar-refractivity contribution in [1.29, 1.82) is 0 Å². The minimum atomic E-state index is -0.208. The van der Waals surface area contributed by atoms with E-state index in [0.29, 0.717) is 17.9 Å². The van der Waals surface area contributed by atoms with Gasteiger partial charge in [-0.15, -0.1) is 0 Å². The van der Waals surface area contributed by atoms with Crippen molar-refractivity contribution in [3.63, 3.8) is 0 Å². The lowest BCUT2D eigenvalue weighted by Crippen LogP contribution is -2.26. The molecule has 0 aliphatic heterocycles. The van der Waals surface area contributed by atoms with Gasteiger partial charge in [-0.25, -0.2) is 4.98 Å². The van der Waals surface area contributed by atoms with Crippen LogP contribution in [0.5, 0.6) is 11.6 Å². The minimum Gasteiger partial charge on any atom is -0.438 e. The third-order valence-electron chi connectivity index (χ3n) is 3.45. The number of carbonyl (C=O) groups excluding carboxylic acids is 1. The van der Waals surface area contributed by atoms with Gasteiger partial charge < -0.3 is 10.1 Å². The summed E-state index contributed by atoms with van der Waals surface area (Å²) < 4.78 is 8.53. The van der Waals surface area contributed by atoms with Gasteiger partial charge in [0.15, 0.2) is 0 Å². The molecule has 2 heterocycles. The lowest BCUT2D eigenvalue weighted by atomic mass is 10.2. The van der Waals surface area contributed by atoms with Crippen molar-refractivity contribution < 1.29 is 9.53 Å². The lowest BCUT2D eigenvalue weighted by molar-refractivity contribution is 0.0949. The molecule has 0 bridgehead atoms. The highest BCUT2D eigenvalue weighted by Gasteiger charge is 2.13. The molecule has 0 unspecified atom stereocenters. The molecule has 0 saturated carbocycles. The van der Waals surface area contributed by atoms with E-state index in [1.807, 2.05) is 41.2 Å². The van der Waals surface area contributed by atoms with Gasteiger partial charge in [0.2, 0.25) is 5.88 Å². The smallest absolute Gasteiger partial charge is 0.256 e. The van der Waals surface area contributed by atoms with Crippen LogP contribution in [-0.2, 0) is 6.54 Å². The molecule has 6 nitrogen and oxygen atoms in total. The SMILES string of the molecule is O=C(NCCCn1cccn1)c1cccnc1Oc1ccc(Br)cc1. The predicted molar refractivity (Wildman–Crippen MR) is 97.6 cm³/mol. The molecule has 3 aromatic rings. The van der Waals surface area contributed by atoms with E-state index < -0.39 is 0 Å². The van der Waals surface area contributed by atoms with E-state index in [9.17, 15) is 4.79 Å². The first kappa shape index (κ1) is 17.2. The molecule has 128 valence electrons. The van der Waals surface area contributed by atoms with Crippen molar-refractivity contribution in [1.82, 2.24) is 20.1 Å². The summed E-state index contributed by atoms with van der Waals surface area (Å²) in [7, 11) is 0. The van der Waals surface area contributed by atoms with Crippen molar-refractivity contribution in [2.75, 3.05) is 6.54 Å². The number of pyridine rings is 1. The number of hydrogen-bond donors (Lipinski definition) is 1. The highest BCUT2D eigenvalue weighted by Crippen LogP contribution is 2.24. The quantitative estimate of drug-likeness (QED) is 0.614. The molecule has 1 aromatic carbocycles. The summed E-state index contributed by atoms with van der Waals surface area (Å²) in [5.41, 5.74) is 0.407. The van der Waals surface area contributed by atoms with Crippen molar-refractivity contribution in [3.8, 4) is 11.6 Å². The fourth-order valence-corrected chi connectivity index (χ4v) is 2.49. The molecular weight excluding hydrogens is 384 g/mol. The van der Waals surface area contributed by atoms with Gasteiger partial charge >= 0.3 is 0 Å². The van der Waals surface area contributed by atoms with Crippen LogP contribution >= 0.6 is 15.9 Å². The molecule has 0 fully saturated rings. The molecule has 0 spiro atoms. The van der Waals surface area contributed by atoms with Crippen molar-refractivity contribution >= 4 is 21.8 Å². The third kappa shape index (κ3) is 4.90. The number of hydrogen-bond acceptors (Lipinski definition) is 4. The summed E-state index contributed by atoms with van der Waals surface area (Å²) in [6, 6.07) is 12.6. The number of rotatable bonds is 7. The van der Waals surface area contributed by atoms with Crippen LogP contribution in [-0.4, -0.2) is 27.2 Å². The fraction of sp³-hybridized carbons (Fsp3) is 0.167. The monoisotopic (exact) mass is 400 g/mol. The number of nitrogens with one attached hydrogen (secondary N) is 1. The Balaban J connectivity index is 1.59. The van der Waals surface area contributed by atoms with Crippen LogP contribution in [0.4, 0.5) is 0 Å². The average Bonchev–Trinajstić information content (AvgIpc) is 3.14. The zero-order valence-electron chi connectivity index (χ0n) is 13.4. The Hall–Kier alpha value is -2.67. The predicted octanol–water partition coefficient (Wildman–Crippen LogP) is 3.65. The Morgan fingerprint density at radius 3 is 2.76 bits per heavy atom. The van der Waals surface area contributed by atoms with Crippen LogP contribution in [0.15, 0.2) is 65.5 Å². The molecule has 1 amide bonds. The van der Waals surface area contributed by atoms with Crippen molar-refractivity contribution in [2.24, 2.45) is 0 Å². The normalized spacial score (nSPS) is 10.4. The van der Waals surface area contributed by atoms with Gasteiger partial charge in [0.25, 0.3) is 5.91 Å². The maximum Gasteiger partial charge on any atom is 0.256 e. The number of nitrogens with zero attached hydrogens (tertiary/aromatic N) is 3. The summed E-state index contributed by atoms with van der Waals surface area (Å²) in [5.74, 6) is 0.699. The van der Waals surface area contributed by atoms with Crippen LogP contribution < -0.4 is 10.1 Å². The van der Waals surface area contributed by atoms with Crippen molar-refractivity contribution in [3.05, 3.63) is 71.1 Å². The van der Waals surface area contributed by atoms with Gasteiger partial charge in [0.05, 0.1) is 0 Å². The van der Waals surface area contributed by atoms with E-state index in [2.05, 4.69) is 31.3 Å².